The number of benzene rings is 1. The van der Waals surface area contributed by atoms with Crippen LogP contribution in [0.15, 0.2) is 29.3 Å². The molecule has 1 heterocycles. The Morgan fingerprint density at radius 3 is 2.71 bits per heavy atom. The topological polar surface area (TPSA) is 66.0 Å². The van der Waals surface area contributed by atoms with Crippen LogP contribution in [0.2, 0.25) is 0 Å². The number of aliphatic imine (C=N–C) groups is 1. The lowest BCUT2D eigenvalue weighted by atomic mass is 9.89. The second-order valence-corrected chi connectivity index (χ2v) is 8.34. The quantitative estimate of drug-likeness (QED) is 0.394. The van der Waals surface area contributed by atoms with Gasteiger partial charge < -0.3 is 20.3 Å². The van der Waals surface area contributed by atoms with E-state index in [1.807, 2.05) is 0 Å². The largest absolute Gasteiger partial charge is 0.373 e. The number of guanidine groups is 1. The minimum atomic E-state index is -0.00972. The highest BCUT2D eigenvalue weighted by Crippen LogP contribution is 2.33. The van der Waals surface area contributed by atoms with E-state index in [1.165, 1.54) is 11.1 Å². The Morgan fingerprint density at radius 1 is 1.29 bits per heavy atom. The normalized spacial score (nSPS) is 19.9. The fraction of sp³-hybridized carbons (Fsp3) is 0.619. The molecule has 6 nitrogen and oxygen atoms in total. The molecule has 0 aromatic heterocycles. The maximum atomic E-state index is 11.9. The number of rotatable bonds is 8. The first-order valence-electron chi connectivity index (χ1n) is 9.90. The highest BCUT2D eigenvalue weighted by Gasteiger charge is 2.27. The molecule has 1 fully saturated rings. The molecule has 0 radical (unpaired) electrons. The second kappa shape index (κ2) is 12.0. The molecule has 0 saturated carbocycles. The maximum Gasteiger partial charge on any atom is 0.243 e. The van der Waals surface area contributed by atoms with Gasteiger partial charge in [0.1, 0.15) is 6.54 Å². The van der Waals surface area contributed by atoms with Crippen molar-refractivity contribution in [2.24, 2.45) is 10.9 Å². The molecule has 7 heteroatoms. The lowest BCUT2D eigenvalue weighted by Gasteiger charge is -2.32. The number of carbonyl (C=O) groups is 1. The van der Waals surface area contributed by atoms with E-state index in [0.717, 1.165) is 38.3 Å². The fourth-order valence-corrected chi connectivity index (χ4v) is 3.44. The molecule has 2 atom stereocenters. The molecular formula is C21H34N4O2S. The van der Waals surface area contributed by atoms with E-state index in [-0.39, 0.29) is 18.6 Å². The molecule has 2 N–H and O–H groups in total. The van der Waals surface area contributed by atoms with E-state index in [4.69, 9.17) is 4.74 Å². The molecule has 1 amide bonds. The van der Waals surface area contributed by atoms with Crippen LogP contribution < -0.4 is 10.6 Å². The van der Waals surface area contributed by atoms with E-state index in [9.17, 15) is 4.79 Å². The van der Waals surface area contributed by atoms with Gasteiger partial charge in [0.2, 0.25) is 5.91 Å². The lowest BCUT2D eigenvalue weighted by Crippen LogP contribution is -2.43. The van der Waals surface area contributed by atoms with Crippen molar-refractivity contribution in [3.63, 3.8) is 0 Å². The minimum absolute atomic E-state index is 0.00972. The van der Waals surface area contributed by atoms with Crippen LogP contribution in [0.25, 0.3) is 0 Å². The first-order chi connectivity index (χ1) is 13.5. The first kappa shape index (κ1) is 22.6. The van der Waals surface area contributed by atoms with Crippen LogP contribution in [0, 0.1) is 12.8 Å². The van der Waals surface area contributed by atoms with Crippen molar-refractivity contribution in [1.82, 2.24) is 15.5 Å². The summed E-state index contributed by atoms with van der Waals surface area (Å²) >= 11 is 1.78. The summed E-state index contributed by atoms with van der Waals surface area (Å²) in [7, 11) is 3.50. The van der Waals surface area contributed by atoms with Gasteiger partial charge in [0.05, 0.1) is 6.10 Å². The number of ether oxygens (including phenoxy) is 1. The van der Waals surface area contributed by atoms with Crippen LogP contribution in [0.4, 0.5) is 0 Å². The third kappa shape index (κ3) is 7.36. The number of nitrogens with zero attached hydrogens (tertiary/aromatic N) is 2. The molecule has 1 aliphatic heterocycles. The number of amides is 1. The molecule has 2 rings (SSSR count). The molecule has 1 aromatic rings. The molecule has 156 valence electrons. The van der Waals surface area contributed by atoms with Crippen LogP contribution in [-0.2, 0) is 9.53 Å². The Hall–Kier alpha value is -1.73. The molecule has 0 spiro atoms. The van der Waals surface area contributed by atoms with Gasteiger partial charge >= 0.3 is 0 Å². The van der Waals surface area contributed by atoms with E-state index in [0.29, 0.717) is 11.9 Å². The summed E-state index contributed by atoms with van der Waals surface area (Å²) in [5.74, 6) is 2.04. The van der Waals surface area contributed by atoms with E-state index in [1.54, 1.807) is 30.8 Å². The third-order valence-corrected chi connectivity index (χ3v) is 5.46. The Kier molecular flexibility index (Phi) is 9.64. The summed E-state index contributed by atoms with van der Waals surface area (Å²) in [5, 5.41) is 6.76. The predicted molar refractivity (Wildman–Crippen MR) is 118 cm³/mol. The third-order valence-electron chi connectivity index (χ3n) is 4.85. The molecule has 0 aliphatic carbocycles. The lowest BCUT2D eigenvalue weighted by molar-refractivity contribution is -0.127. The summed E-state index contributed by atoms with van der Waals surface area (Å²) < 4.78 is 6.11. The fourth-order valence-electron chi connectivity index (χ4n) is 3.14. The van der Waals surface area contributed by atoms with Gasteiger partial charge in [0.15, 0.2) is 5.96 Å². The van der Waals surface area contributed by atoms with Gasteiger partial charge in [-0.25, -0.2) is 4.99 Å². The molecule has 0 bridgehead atoms. The van der Waals surface area contributed by atoms with Crippen LogP contribution in [0.1, 0.15) is 30.1 Å². The summed E-state index contributed by atoms with van der Waals surface area (Å²) in [4.78, 5) is 17.9. The molecule has 1 aromatic carbocycles. The average molecular weight is 407 g/mol. The van der Waals surface area contributed by atoms with E-state index in [2.05, 4.69) is 53.1 Å². The first-order valence-corrected chi connectivity index (χ1v) is 11.3. The van der Waals surface area contributed by atoms with Crippen LogP contribution in [0.5, 0.6) is 0 Å². The number of likely N-dealkylation sites (N-methyl/N-ethyl adjacent to an activating group) is 1. The van der Waals surface area contributed by atoms with Gasteiger partial charge in [-0.1, -0.05) is 29.8 Å². The number of nitrogens with one attached hydrogen (secondary N) is 2. The van der Waals surface area contributed by atoms with Crippen molar-refractivity contribution in [3.8, 4) is 0 Å². The van der Waals surface area contributed by atoms with Crippen molar-refractivity contribution in [2.45, 2.75) is 25.9 Å². The zero-order valence-corrected chi connectivity index (χ0v) is 18.3. The number of aryl methyl sites for hydroxylation is 1. The highest BCUT2D eigenvalue weighted by molar-refractivity contribution is 7.98. The van der Waals surface area contributed by atoms with E-state index >= 15 is 0 Å². The Bertz CT molecular complexity index is 634. The van der Waals surface area contributed by atoms with Crippen molar-refractivity contribution in [1.29, 1.82) is 0 Å². The molecule has 28 heavy (non-hydrogen) atoms. The summed E-state index contributed by atoms with van der Waals surface area (Å²) in [6, 6.07) is 8.61. The molecule has 1 aliphatic rings. The van der Waals surface area contributed by atoms with Crippen molar-refractivity contribution >= 4 is 23.6 Å². The van der Waals surface area contributed by atoms with Crippen molar-refractivity contribution in [3.05, 3.63) is 35.4 Å². The minimum Gasteiger partial charge on any atom is -0.373 e. The SMILES string of the molecule is CSCCNC(=NCC(=O)N(C)C)NCC1CCCOC1c1ccc(C)cc1. The Morgan fingerprint density at radius 2 is 2.04 bits per heavy atom. The summed E-state index contributed by atoms with van der Waals surface area (Å²) in [6.07, 6.45) is 4.35. The van der Waals surface area contributed by atoms with Crippen LogP contribution >= 0.6 is 11.8 Å². The zero-order chi connectivity index (χ0) is 20.4. The van der Waals surface area contributed by atoms with Crippen molar-refractivity contribution < 1.29 is 9.53 Å². The zero-order valence-electron chi connectivity index (χ0n) is 17.5. The molecular weight excluding hydrogens is 372 g/mol. The van der Waals surface area contributed by atoms with Crippen molar-refractivity contribution in [2.75, 3.05) is 52.3 Å². The standard InChI is InChI=1S/C21H34N4O2S/c1-16-7-9-17(10-8-16)20-18(6-5-12-27-20)14-23-21(22-11-13-28-4)24-15-19(26)25(2)3/h7-10,18,20H,5-6,11-15H2,1-4H3,(H2,22,23,24). The summed E-state index contributed by atoms with van der Waals surface area (Å²) in [6.45, 7) is 4.62. The van der Waals surface area contributed by atoms with E-state index < -0.39 is 0 Å². The summed E-state index contributed by atoms with van der Waals surface area (Å²) in [5.41, 5.74) is 2.49. The predicted octanol–water partition coefficient (Wildman–Crippen LogP) is 2.45. The van der Waals surface area contributed by atoms with Gasteiger partial charge in [0.25, 0.3) is 0 Å². The second-order valence-electron chi connectivity index (χ2n) is 7.36. The monoisotopic (exact) mass is 406 g/mol. The van der Waals surface area contributed by atoms with Gasteiger partial charge in [-0.2, -0.15) is 11.8 Å². The smallest absolute Gasteiger partial charge is 0.243 e. The van der Waals surface area contributed by atoms with Gasteiger partial charge in [-0.3, -0.25) is 4.79 Å². The molecule has 1 saturated heterocycles. The number of thioether (sulfide) groups is 1. The van der Waals surface area contributed by atoms with Crippen LogP contribution in [0.3, 0.4) is 0 Å². The Balaban J connectivity index is 2.00. The van der Waals surface area contributed by atoms with Gasteiger partial charge in [0, 0.05) is 45.5 Å². The molecule has 2 unspecified atom stereocenters. The Labute approximate surface area is 173 Å². The number of hydrogen-bond acceptors (Lipinski definition) is 4. The number of hydrogen-bond donors (Lipinski definition) is 2. The highest BCUT2D eigenvalue weighted by atomic mass is 32.2. The maximum absolute atomic E-state index is 11.9. The average Bonchev–Trinajstić information content (AvgIpc) is 2.70. The number of carbonyl (C=O) groups excluding carboxylic acids is 1. The van der Waals surface area contributed by atoms with Gasteiger partial charge in [-0.15, -0.1) is 0 Å². The van der Waals surface area contributed by atoms with Crippen LogP contribution in [-0.4, -0.2) is 69.1 Å². The van der Waals surface area contributed by atoms with Gasteiger partial charge in [-0.05, 0) is 31.6 Å².